The van der Waals surface area contributed by atoms with Crippen LogP contribution in [0.2, 0.25) is 0 Å². The Morgan fingerprint density at radius 1 is 1.29 bits per heavy atom. The molecule has 0 bridgehead atoms. The lowest BCUT2D eigenvalue weighted by molar-refractivity contribution is -0.275. The van der Waals surface area contributed by atoms with E-state index < -0.39 is 6.36 Å². The van der Waals surface area contributed by atoms with E-state index in [2.05, 4.69) is 17.0 Å². The van der Waals surface area contributed by atoms with E-state index in [4.69, 9.17) is 0 Å². The van der Waals surface area contributed by atoms with Gasteiger partial charge in [-0.2, -0.15) is 0 Å². The highest BCUT2D eigenvalue weighted by Gasteiger charge is 2.35. The Kier molecular flexibility index (Phi) is 5.14. The van der Waals surface area contributed by atoms with Crippen molar-refractivity contribution in [2.75, 3.05) is 7.05 Å². The molecule has 0 saturated heterocycles. The Balaban J connectivity index is 2.22. The highest BCUT2D eigenvalue weighted by molar-refractivity contribution is 5.36. The standard InChI is InChI=1S/C16H22F3NO/c1-3-11-8-9-12(10-11)15(20-2)13-6-4-5-7-14(13)21-16(17,18)19/h4-7,11-12,15,20H,3,8-10H2,1-2H3. The highest BCUT2D eigenvalue weighted by Crippen LogP contribution is 2.43. The van der Waals surface area contributed by atoms with Crippen molar-refractivity contribution in [1.29, 1.82) is 0 Å². The minimum Gasteiger partial charge on any atom is -0.405 e. The number of halogens is 3. The fourth-order valence-corrected chi connectivity index (χ4v) is 3.39. The third kappa shape index (κ3) is 4.13. The maximum absolute atomic E-state index is 12.5. The number of benzene rings is 1. The quantitative estimate of drug-likeness (QED) is 0.853. The van der Waals surface area contributed by atoms with Crippen molar-refractivity contribution < 1.29 is 17.9 Å². The molecule has 0 heterocycles. The molecule has 118 valence electrons. The lowest BCUT2D eigenvalue weighted by Crippen LogP contribution is -2.26. The van der Waals surface area contributed by atoms with E-state index in [0.717, 1.165) is 25.7 Å². The average Bonchev–Trinajstić information content (AvgIpc) is 2.88. The van der Waals surface area contributed by atoms with Gasteiger partial charge in [0.2, 0.25) is 0 Å². The summed E-state index contributed by atoms with van der Waals surface area (Å²) in [6.07, 6.45) is -0.266. The third-order valence-electron chi connectivity index (χ3n) is 4.42. The summed E-state index contributed by atoms with van der Waals surface area (Å²) in [5, 5.41) is 3.18. The van der Waals surface area contributed by atoms with E-state index in [0.29, 0.717) is 17.4 Å². The van der Waals surface area contributed by atoms with Crippen LogP contribution in [0.25, 0.3) is 0 Å². The van der Waals surface area contributed by atoms with Crippen LogP contribution in [0.4, 0.5) is 13.2 Å². The fourth-order valence-electron chi connectivity index (χ4n) is 3.39. The second-order valence-corrected chi connectivity index (χ2v) is 5.70. The van der Waals surface area contributed by atoms with Gasteiger partial charge in [-0.05, 0) is 37.8 Å². The highest BCUT2D eigenvalue weighted by atomic mass is 19.4. The Morgan fingerprint density at radius 3 is 2.57 bits per heavy atom. The second-order valence-electron chi connectivity index (χ2n) is 5.70. The molecule has 0 aromatic heterocycles. The van der Waals surface area contributed by atoms with Crippen LogP contribution in [-0.2, 0) is 0 Å². The number of hydrogen-bond donors (Lipinski definition) is 1. The molecule has 1 fully saturated rings. The van der Waals surface area contributed by atoms with Crippen molar-refractivity contribution in [2.45, 2.75) is 45.0 Å². The molecule has 0 radical (unpaired) electrons. The first-order chi connectivity index (χ1) is 9.94. The first-order valence-electron chi connectivity index (χ1n) is 7.46. The molecule has 5 heteroatoms. The number of ether oxygens (including phenoxy) is 1. The van der Waals surface area contributed by atoms with E-state index in [1.807, 2.05) is 0 Å². The summed E-state index contributed by atoms with van der Waals surface area (Å²) in [5.74, 6) is 0.948. The second kappa shape index (κ2) is 6.69. The first-order valence-corrected chi connectivity index (χ1v) is 7.46. The van der Waals surface area contributed by atoms with Crippen LogP contribution in [0.1, 0.15) is 44.2 Å². The van der Waals surface area contributed by atoms with Crippen LogP contribution in [0.3, 0.4) is 0 Å². The molecule has 21 heavy (non-hydrogen) atoms. The molecular weight excluding hydrogens is 279 g/mol. The van der Waals surface area contributed by atoms with Crippen molar-refractivity contribution >= 4 is 0 Å². The predicted octanol–water partition coefficient (Wildman–Crippen LogP) is 4.67. The van der Waals surface area contributed by atoms with E-state index >= 15 is 0 Å². The average molecular weight is 301 g/mol. The zero-order chi connectivity index (χ0) is 15.5. The predicted molar refractivity (Wildman–Crippen MR) is 76.0 cm³/mol. The van der Waals surface area contributed by atoms with Crippen LogP contribution in [-0.4, -0.2) is 13.4 Å². The van der Waals surface area contributed by atoms with Crippen LogP contribution in [0.15, 0.2) is 24.3 Å². The van der Waals surface area contributed by atoms with Gasteiger partial charge in [-0.1, -0.05) is 38.0 Å². The van der Waals surface area contributed by atoms with Crippen molar-refractivity contribution in [2.24, 2.45) is 11.8 Å². The Bertz CT molecular complexity index is 461. The van der Waals surface area contributed by atoms with Gasteiger partial charge >= 0.3 is 6.36 Å². The van der Waals surface area contributed by atoms with Gasteiger partial charge in [0.25, 0.3) is 0 Å². The third-order valence-corrected chi connectivity index (χ3v) is 4.42. The molecule has 0 amide bonds. The molecular formula is C16H22F3NO. The minimum absolute atomic E-state index is 0.0932. The van der Waals surface area contributed by atoms with E-state index in [9.17, 15) is 13.2 Å². The maximum Gasteiger partial charge on any atom is 0.573 e. The lowest BCUT2D eigenvalue weighted by atomic mass is 9.90. The molecule has 0 spiro atoms. The van der Waals surface area contributed by atoms with Crippen molar-refractivity contribution in [3.8, 4) is 5.75 Å². The maximum atomic E-state index is 12.5. The van der Waals surface area contributed by atoms with Crippen molar-refractivity contribution in [3.63, 3.8) is 0 Å². The molecule has 0 aliphatic heterocycles. The molecule has 1 saturated carbocycles. The summed E-state index contributed by atoms with van der Waals surface area (Å²) < 4.78 is 41.8. The Labute approximate surface area is 123 Å². The minimum atomic E-state index is -4.66. The molecule has 1 aliphatic rings. The Morgan fingerprint density at radius 2 is 2.00 bits per heavy atom. The molecule has 1 N–H and O–H groups in total. The lowest BCUT2D eigenvalue weighted by Gasteiger charge is -2.26. The van der Waals surface area contributed by atoms with Gasteiger partial charge in [-0.25, -0.2) is 0 Å². The summed E-state index contributed by atoms with van der Waals surface area (Å²) >= 11 is 0. The summed E-state index contributed by atoms with van der Waals surface area (Å²) in [6.45, 7) is 2.17. The van der Waals surface area contributed by atoms with E-state index in [1.165, 1.54) is 6.07 Å². The summed E-state index contributed by atoms with van der Waals surface area (Å²) in [7, 11) is 1.80. The SMILES string of the molecule is CCC1CCC(C(NC)c2ccccc2OC(F)(F)F)C1. The number of rotatable bonds is 5. The van der Waals surface area contributed by atoms with Crippen molar-refractivity contribution in [1.82, 2.24) is 5.32 Å². The number of para-hydroxylation sites is 1. The largest absolute Gasteiger partial charge is 0.573 e. The number of hydrogen-bond acceptors (Lipinski definition) is 2. The zero-order valence-electron chi connectivity index (χ0n) is 12.4. The van der Waals surface area contributed by atoms with Gasteiger partial charge in [0.05, 0.1) is 0 Å². The summed E-state index contributed by atoms with van der Waals surface area (Å²) in [6, 6.07) is 6.34. The molecule has 3 unspecified atom stereocenters. The van der Waals surface area contributed by atoms with E-state index in [1.54, 1.807) is 25.2 Å². The van der Waals surface area contributed by atoms with Gasteiger partial charge in [0.1, 0.15) is 5.75 Å². The first kappa shape index (κ1) is 16.1. The van der Waals surface area contributed by atoms with Gasteiger partial charge in [-0.15, -0.1) is 13.2 Å². The Hall–Kier alpha value is -1.23. The van der Waals surface area contributed by atoms with Crippen LogP contribution in [0.5, 0.6) is 5.75 Å². The number of alkyl halides is 3. The topological polar surface area (TPSA) is 21.3 Å². The van der Waals surface area contributed by atoms with Gasteiger partial charge in [0, 0.05) is 11.6 Å². The molecule has 3 atom stereocenters. The smallest absolute Gasteiger partial charge is 0.405 e. The van der Waals surface area contributed by atoms with Crippen LogP contribution >= 0.6 is 0 Å². The summed E-state index contributed by atoms with van der Waals surface area (Å²) in [4.78, 5) is 0. The van der Waals surface area contributed by atoms with Crippen LogP contribution < -0.4 is 10.1 Å². The van der Waals surface area contributed by atoms with Gasteiger partial charge in [-0.3, -0.25) is 0 Å². The van der Waals surface area contributed by atoms with Crippen molar-refractivity contribution in [3.05, 3.63) is 29.8 Å². The molecule has 2 rings (SSSR count). The molecule has 1 aromatic carbocycles. The normalized spacial score (nSPS) is 24.0. The molecule has 1 aliphatic carbocycles. The van der Waals surface area contributed by atoms with Gasteiger partial charge < -0.3 is 10.1 Å². The monoisotopic (exact) mass is 301 g/mol. The number of nitrogens with one attached hydrogen (secondary N) is 1. The van der Waals surface area contributed by atoms with Gasteiger partial charge in [0.15, 0.2) is 0 Å². The van der Waals surface area contributed by atoms with E-state index in [-0.39, 0.29) is 11.8 Å². The van der Waals surface area contributed by atoms with Crippen LogP contribution in [0, 0.1) is 11.8 Å². The zero-order valence-corrected chi connectivity index (χ0v) is 12.4. The molecule has 1 aromatic rings. The fraction of sp³-hybridized carbons (Fsp3) is 0.625. The molecule has 2 nitrogen and oxygen atoms in total. The summed E-state index contributed by atoms with van der Waals surface area (Å²) in [5.41, 5.74) is 0.596.